The van der Waals surface area contributed by atoms with Gasteiger partial charge in [-0.25, -0.2) is 9.67 Å². The summed E-state index contributed by atoms with van der Waals surface area (Å²) in [6.45, 7) is 2.14. The molecule has 0 spiro atoms. The summed E-state index contributed by atoms with van der Waals surface area (Å²) >= 11 is 0. The molecule has 33 heavy (non-hydrogen) atoms. The molecule has 0 radical (unpaired) electrons. The molecular weight excluding hydrogens is 433 g/mol. The first-order valence-electron chi connectivity index (χ1n) is 10.5. The Morgan fingerprint density at radius 2 is 2.00 bits per heavy atom. The number of nitrogens with zero attached hydrogens (tertiary/aromatic N) is 5. The highest BCUT2D eigenvalue weighted by Crippen LogP contribution is 2.38. The van der Waals surface area contributed by atoms with Crippen LogP contribution in [-0.2, 0) is 19.3 Å². The van der Waals surface area contributed by atoms with Gasteiger partial charge in [0.15, 0.2) is 5.82 Å². The number of halogens is 3. The smallest absolute Gasteiger partial charge is 0.392 e. The average Bonchev–Trinajstić information content (AvgIpc) is 3.43. The molecule has 3 heterocycles. The Balaban J connectivity index is 1.44. The number of hydrogen-bond acceptors (Lipinski definition) is 5. The summed E-state index contributed by atoms with van der Waals surface area (Å²) in [5.41, 5.74) is 2.60. The van der Waals surface area contributed by atoms with Crippen LogP contribution in [-0.4, -0.2) is 29.4 Å². The van der Waals surface area contributed by atoms with Crippen LogP contribution in [0.15, 0.2) is 55.0 Å². The topological polar surface area (TPSA) is 80.8 Å². The van der Waals surface area contributed by atoms with Crippen molar-refractivity contribution in [3.05, 3.63) is 77.4 Å². The minimum absolute atomic E-state index is 0.178. The average molecular weight is 454 g/mol. The fraction of sp³-hybridized carbons (Fsp3) is 0.261. The number of rotatable bonds is 4. The van der Waals surface area contributed by atoms with Gasteiger partial charge in [0.1, 0.15) is 0 Å². The maximum absolute atomic E-state index is 13.5. The van der Waals surface area contributed by atoms with Crippen molar-refractivity contribution in [2.75, 3.05) is 5.32 Å². The molecule has 5 rings (SSSR count). The van der Waals surface area contributed by atoms with Gasteiger partial charge in [-0.2, -0.15) is 18.2 Å². The number of aliphatic hydroxyl groups is 1. The van der Waals surface area contributed by atoms with Crippen molar-refractivity contribution in [2.24, 2.45) is 0 Å². The second-order valence-electron chi connectivity index (χ2n) is 7.98. The van der Waals surface area contributed by atoms with Gasteiger partial charge in [-0.1, -0.05) is 18.2 Å². The van der Waals surface area contributed by atoms with E-state index in [0.29, 0.717) is 35.9 Å². The largest absolute Gasteiger partial charge is 0.416 e. The number of aromatic nitrogens is 5. The predicted molar refractivity (Wildman–Crippen MR) is 116 cm³/mol. The Morgan fingerprint density at radius 3 is 2.73 bits per heavy atom. The summed E-state index contributed by atoms with van der Waals surface area (Å²) in [4.78, 5) is 8.75. The van der Waals surface area contributed by atoms with Crippen molar-refractivity contribution in [2.45, 2.75) is 38.7 Å². The summed E-state index contributed by atoms with van der Waals surface area (Å²) < 4.78 is 43.9. The maximum atomic E-state index is 13.5. The molecule has 2 aromatic carbocycles. The van der Waals surface area contributed by atoms with Crippen molar-refractivity contribution in [1.29, 1.82) is 0 Å². The van der Waals surface area contributed by atoms with Gasteiger partial charge in [0.2, 0.25) is 5.95 Å². The molecule has 1 aliphatic rings. The highest BCUT2D eigenvalue weighted by Gasteiger charge is 2.36. The summed E-state index contributed by atoms with van der Waals surface area (Å²) in [6.07, 6.45) is -0.432. The minimum Gasteiger partial charge on any atom is -0.392 e. The van der Waals surface area contributed by atoms with Crippen LogP contribution in [0.25, 0.3) is 17.1 Å². The number of aryl methyl sites for hydroxylation is 2. The number of anilines is 1. The van der Waals surface area contributed by atoms with Gasteiger partial charge >= 0.3 is 6.18 Å². The van der Waals surface area contributed by atoms with E-state index in [4.69, 9.17) is 0 Å². The minimum atomic E-state index is -4.43. The first-order valence-corrected chi connectivity index (χ1v) is 10.5. The fourth-order valence-electron chi connectivity index (χ4n) is 4.15. The number of alkyl halides is 3. The monoisotopic (exact) mass is 454 g/mol. The first kappa shape index (κ1) is 21.2. The highest BCUT2D eigenvalue weighted by molar-refractivity contribution is 5.61. The molecule has 0 amide bonds. The molecule has 0 fully saturated rings. The van der Waals surface area contributed by atoms with Crippen molar-refractivity contribution in [3.8, 4) is 17.1 Å². The van der Waals surface area contributed by atoms with Crippen LogP contribution in [0.1, 0.15) is 34.8 Å². The summed E-state index contributed by atoms with van der Waals surface area (Å²) in [5, 5.41) is 17.5. The maximum Gasteiger partial charge on any atom is 0.416 e. The molecule has 0 saturated carbocycles. The summed E-state index contributed by atoms with van der Waals surface area (Å²) in [5.74, 6) is 0.850. The molecule has 0 bridgehead atoms. The second kappa shape index (κ2) is 8.04. The van der Waals surface area contributed by atoms with Gasteiger partial charge in [0, 0.05) is 23.9 Å². The Labute approximate surface area is 187 Å². The number of aliphatic hydroxyl groups excluding tert-OH is 1. The van der Waals surface area contributed by atoms with E-state index in [-0.39, 0.29) is 12.2 Å². The number of hydrogen-bond donors (Lipinski definition) is 2. The molecule has 1 aliphatic heterocycles. The molecule has 2 aromatic heterocycles. The molecule has 2 N–H and O–H groups in total. The lowest BCUT2D eigenvalue weighted by Crippen LogP contribution is -2.25. The molecule has 10 heteroatoms. The number of imidazole rings is 1. The normalized spacial score (nSPS) is 15.8. The van der Waals surface area contributed by atoms with Crippen molar-refractivity contribution in [1.82, 2.24) is 24.3 Å². The predicted octanol–water partition coefficient (Wildman–Crippen LogP) is 4.51. The van der Waals surface area contributed by atoms with Crippen LogP contribution in [0.2, 0.25) is 0 Å². The van der Waals surface area contributed by atoms with E-state index in [1.807, 2.05) is 35.9 Å². The van der Waals surface area contributed by atoms with Crippen LogP contribution in [0.3, 0.4) is 0 Å². The van der Waals surface area contributed by atoms with Gasteiger partial charge in [0.25, 0.3) is 0 Å². The lowest BCUT2D eigenvalue weighted by Gasteiger charge is -2.27. The zero-order valence-electron chi connectivity index (χ0n) is 17.7. The van der Waals surface area contributed by atoms with Crippen LogP contribution in [0.4, 0.5) is 19.1 Å². The van der Waals surface area contributed by atoms with E-state index in [2.05, 4.69) is 20.4 Å². The molecule has 4 aromatic rings. The standard InChI is InChI=1S/C23H21F3N6O/c1-14-11-31(13-27-14)20-7-6-15(10-16(20)12-33)21-29-22-28-19(8-9-32(22)30-21)17-4-2-3-5-18(17)23(24,25)26/h2-7,10-11,13,19,33H,8-9,12H2,1H3,(H,28,29,30). The Hall–Kier alpha value is -3.66. The zero-order valence-corrected chi connectivity index (χ0v) is 17.7. The number of nitrogens with one attached hydrogen (secondary N) is 1. The third-order valence-electron chi connectivity index (χ3n) is 5.74. The van der Waals surface area contributed by atoms with Crippen molar-refractivity contribution >= 4 is 5.95 Å². The Morgan fingerprint density at radius 1 is 1.18 bits per heavy atom. The van der Waals surface area contributed by atoms with Gasteiger partial charge < -0.3 is 15.0 Å². The van der Waals surface area contributed by atoms with Crippen molar-refractivity contribution < 1.29 is 18.3 Å². The molecule has 1 atom stereocenters. The summed E-state index contributed by atoms with van der Waals surface area (Å²) in [6, 6.07) is 10.6. The SMILES string of the molecule is Cc1cn(-c2ccc(-c3nc4n(n3)CCC(c3ccccc3C(F)(F)F)N4)cc2CO)cn1. The van der Waals surface area contributed by atoms with E-state index >= 15 is 0 Å². The van der Waals surface area contributed by atoms with Crippen molar-refractivity contribution in [3.63, 3.8) is 0 Å². The van der Waals surface area contributed by atoms with Crippen LogP contribution in [0.5, 0.6) is 0 Å². The van der Waals surface area contributed by atoms with Gasteiger partial charge in [-0.3, -0.25) is 0 Å². The fourth-order valence-corrected chi connectivity index (χ4v) is 4.15. The van der Waals surface area contributed by atoms with E-state index in [0.717, 1.165) is 17.4 Å². The zero-order chi connectivity index (χ0) is 23.2. The quantitative estimate of drug-likeness (QED) is 0.474. The summed E-state index contributed by atoms with van der Waals surface area (Å²) in [7, 11) is 0. The third kappa shape index (κ3) is 3.97. The molecule has 0 aliphatic carbocycles. The number of fused-ring (bicyclic) bond motifs is 1. The third-order valence-corrected chi connectivity index (χ3v) is 5.74. The lowest BCUT2D eigenvalue weighted by atomic mass is 9.97. The van der Waals surface area contributed by atoms with Crippen LogP contribution >= 0.6 is 0 Å². The second-order valence-corrected chi connectivity index (χ2v) is 7.98. The van der Waals surface area contributed by atoms with E-state index in [1.54, 1.807) is 17.1 Å². The van der Waals surface area contributed by atoms with E-state index in [9.17, 15) is 18.3 Å². The Bertz CT molecular complexity index is 1310. The van der Waals surface area contributed by atoms with Gasteiger partial charge in [-0.15, -0.1) is 5.10 Å². The van der Waals surface area contributed by atoms with E-state index < -0.39 is 17.8 Å². The molecule has 0 saturated heterocycles. The van der Waals surface area contributed by atoms with Crippen LogP contribution in [0, 0.1) is 6.92 Å². The molecular formula is C23H21F3N6O. The highest BCUT2D eigenvalue weighted by atomic mass is 19.4. The van der Waals surface area contributed by atoms with E-state index in [1.165, 1.54) is 12.1 Å². The van der Waals surface area contributed by atoms with Crippen LogP contribution < -0.4 is 5.32 Å². The Kier molecular flexibility index (Phi) is 5.16. The lowest BCUT2D eigenvalue weighted by molar-refractivity contribution is -0.138. The van der Waals surface area contributed by atoms with Gasteiger partial charge in [0.05, 0.1) is 35.9 Å². The van der Waals surface area contributed by atoms with Gasteiger partial charge in [-0.05, 0) is 43.2 Å². The number of benzene rings is 2. The molecule has 1 unspecified atom stereocenters. The molecule has 170 valence electrons. The molecule has 7 nitrogen and oxygen atoms in total. The first-order chi connectivity index (χ1) is 15.8.